The molecular weight excluding hydrogens is 298 g/mol. The fourth-order valence-corrected chi connectivity index (χ4v) is 2.06. The highest BCUT2D eigenvalue weighted by atomic mass is 35.5. The van der Waals surface area contributed by atoms with Crippen LogP contribution in [-0.2, 0) is 11.3 Å². The predicted molar refractivity (Wildman–Crippen MR) is 88.9 cm³/mol. The van der Waals surface area contributed by atoms with Crippen molar-refractivity contribution in [1.82, 2.24) is 9.97 Å². The van der Waals surface area contributed by atoms with Crippen molar-refractivity contribution in [2.75, 3.05) is 19.0 Å². The van der Waals surface area contributed by atoms with Crippen molar-refractivity contribution in [3.63, 3.8) is 0 Å². The van der Waals surface area contributed by atoms with Gasteiger partial charge in [0.05, 0.1) is 6.61 Å². The molecule has 0 amide bonds. The van der Waals surface area contributed by atoms with Crippen molar-refractivity contribution in [3.8, 4) is 11.8 Å². The van der Waals surface area contributed by atoms with Crippen LogP contribution in [0.2, 0.25) is 5.15 Å². The minimum Gasteiger partial charge on any atom is -0.380 e. The van der Waals surface area contributed by atoms with E-state index in [1.807, 2.05) is 31.2 Å². The van der Waals surface area contributed by atoms with Crippen LogP contribution in [-0.4, -0.2) is 23.6 Å². The van der Waals surface area contributed by atoms with Gasteiger partial charge in [0.2, 0.25) is 0 Å². The van der Waals surface area contributed by atoms with Crippen molar-refractivity contribution in [3.05, 3.63) is 52.4 Å². The number of rotatable bonds is 5. The number of hydrogen-bond acceptors (Lipinski definition) is 4. The van der Waals surface area contributed by atoms with E-state index < -0.39 is 0 Å². The number of nitrogens with zero attached hydrogens (tertiary/aromatic N) is 2. The molecule has 4 nitrogen and oxygen atoms in total. The quantitative estimate of drug-likeness (QED) is 0.521. The predicted octanol–water partition coefficient (Wildman–Crippen LogP) is 3.44. The topological polar surface area (TPSA) is 47.0 Å². The molecule has 1 N–H and O–H groups in total. The van der Waals surface area contributed by atoms with Crippen molar-refractivity contribution in [1.29, 1.82) is 0 Å². The van der Waals surface area contributed by atoms with Crippen LogP contribution in [0, 0.1) is 18.8 Å². The summed E-state index contributed by atoms with van der Waals surface area (Å²) in [6.07, 6.45) is 2.16. The lowest BCUT2D eigenvalue weighted by molar-refractivity contribution is 0.184. The maximum Gasteiger partial charge on any atom is 0.137 e. The van der Waals surface area contributed by atoms with Gasteiger partial charge in [-0.15, -0.1) is 0 Å². The minimum absolute atomic E-state index is 0.470. The first kappa shape index (κ1) is 16.3. The second kappa shape index (κ2) is 8.38. The van der Waals surface area contributed by atoms with E-state index >= 15 is 0 Å². The van der Waals surface area contributed by atoms with E-state index in [4.69, 9.17) is 16.3 Å². The Bertz CT molecular complexity index is 692. The Morgan fingerprint density at radius 1 is 1.27 bits per heavy atom. The molecule has 0 unspecified atom stereocenters. The first-order valence-electron chi connectivity index (χ1n) is 6.99. The lowest BCUT2D eigenvalue weighted by Crippen LogP contribution is -2.05. The highest BCUT2D eigenvalue weighted by Crippen LogP contribution is 2.17. The molecule has 2 aromatic rings. The average Bonchev–Trinajstić information content (AvgIpc) is 2.53. The van der Waals surface area contributed by atoms with Crippen molar-refractivity contribution in [2.45, 2.75) is 20.0 Å². The Labute approximate surface area is 135 Å². The fourth-order valence-electron chi connectivity index (χ4n) is 1.93. The molecule has 114 valence electrons. The third kappa shape index (κ3) is 4.45. The van der Waals surface area contributed by atoms with E-state index in [2.05, 4.69) is 27.1 Å². The standard InChI is InChI=1S/C17H18ClN3O/c1-13-16(18)20-12-21-17(13)19-10-6-5-8-14-7-3-4-9-15(14)11-22-2/h3-4,7,9,12H,6,10-11H2,1-2H3,(H,19,20,21). The van der Waals surface area contributed by atoms with Gasteiger partial charge in [0.15, 0.2) is 0 Å². The summed E-state index contributed by atoms with van der Waals surface area (Å²) in [4.78, 5) is 8.09. The molecule has 1 aromatic heterocycles. The number of benzene rings is 1. The normalized spacial score (nSPS) is 9.95. The van der Waals surface area contributed by atoms with E-state index in [-0.39, 0.29) is 0 Å². The van der Waals surface area contributed by atoms with Gasteiger partial charge in [-0.25, -0.2) is 9.97 Å². The Balaban J connectivity index is 1.91. The number of methoxy groups -OCH3 is 1. The number of anilines is 1. The van der Waals surface area contributed by atoms with Gasteiger partial charge >= 0.3 is 0 Å². The summed E-state index contributed by atoms with van der Waals surface area (Å²) in [6, 6.07) is 8.00. The molecule has 0 radical (unpaired) electrons. The molecule has 1 heterocycles. The van der Waals surface area contributed by atoms with Gasteiger partial charge in [-0.2, -0.15) is 0 Å². The van der Waals surface area contributed by atoms with Gasteiger partial charge in [0.1, 0.15) is 17.3 Å². The van der Waals surface area contributed by atoms with E-state index in [0.29, 0.717) is 24.7 Å². The summed E-state index contributed by atoms with van der Waals surface area (Å²) in [5.41, 5.74) is 2.96. The number of nitrogens with one attached hydrogen (secondary N) is 1. The zero-order chi connectivity index (χ0) is 15.8. The molecule has 0 bridgehead atoms. The molecule has 22 heavy (non-hydrogen) atoms. The maximum absolute atomic E-state index is 5.95. The first-order chi connectivity index (χ1) is 10.7. The maximum atomic E-state index is 5.95. The largest absolute Gasteiger partial charge is 0.380 e. The summed E-state index contributed by atoms with van der Waals surface area (Å²) in [7, 11) is 1.68. The van der Waals surface area contributed by atoms with Gasteiger partial charge in [-0.05, 0) is 18.6 Å². The summed E-state index contributed by atoms with van der Waals surface area (Å²) in [5, 5.41) is 3.69. The number of hydrogen-bond donors (Lipinski definition) is 1. The molecule has 0 aliphatic carbocycles. The smallest absolute Gasteiger partial charge is 0.137 e. The van der Waals surface area contributed by atoms with Crippen LogP contribution < -0.4 is 5.32 Å². The van der Waals surface area contributed by atoms with Crippen LogP contribution in [0.25, 0.3) is 0 Å². The lowest BCUT2D eigenvalue weighted by Gasteiger charge is -2.06. The second-order valence-electron chi connectivity index (χ2n) is 4.71. The molecule has 0 saturated heterocycles. The van der Waals surface area contributed by atoms with Crippen molar-refractivity contribution < 1.29 is 4.74 Å². The van der Waals surface area contributed by atoms with Crippen LogP contribution in [0.4, 0.5) is 5.82 Å². The van der Waals surface area contributed by atoms with Gasteiger partial charge < -0.3 is 10.1 Å². The van der Waals surface area contributed by atoms with E-state index in [0.717, 1.165) is 22.5 Å². The highest BCUT2D eigenvalue weighted by Gasteiger charge is 2.03. The van der Waals surface area contributed by atoms with Crippen LogP contribution in [0.3, 0.4) is 0 Å². The van der Waals surface area contributed by atoms with Crippen molar-refractivity contribution >= 4 is 17.4 Å². The summed E-state index contributed by atoms with van der Waals surface area (Å²) in [6.45, 7) is 3.16. The zero-order valence-corrected chi connectivity index (χ0v) is 13.4. The SMILES string of the molecule is COCc1ccccc1C#CCCNc1ncnc(Cl)c1C. The van der Waals surface area contributed by atoms with Gasteiger partial charge in [0.25, 0.3) is 0 Å². The Morgan fingerprint density at radius 2 is 2.09 bits per heavy atom. The highest BCUT2D eigenvalue weighted by molar-refractivity contribution is 6.30. The number of aromatic nitrogens is 2. The van der Waals surface area contributed by atoms with E-state index in [1.54, 1.807) is 7.11 Å². The molecule has 0 spiro atoms. The third-order valence-corrected chi connectivity index (χ3v) is 3.49. The van der Waals surface area contributed by atoms with Crippen molar-refractivity contribution in [2.24, 2.45) is 0 Å². The van der Waals surface area contributed by atoms with Crippen LogP contribution in [0.1, 0.15) is 23.1 Å². The Kier molecular flexibility index (Phi) is 6.20. The summed E-state index contributed by atoms with van der Waals surface area (Å²) in [5.74, 6) is 7.09. The Morgan fingerprint density at radius 3 is 2.91 bits per heavy atom. The molecule has 0 aliphatic rings. The van der Waals surface area contributed by atoms with Gasteiger partial charge in [-0.3, -0.25) is 0 Å². The monoisotopic (exact) mass is 315 g/mol. The molecule has 0 fully saturated rings. The zero-order valence-electron chi connectivity index (χ0n) is 12.7. The third-order valence-electron chi connectivity index (χ3n) is 3.11. The molecule has 1 aromatic carbocycles. The molecular formula is C17H18ClN3O. The number of ether oxygens (including phenoxy) is 1. The van der Waals surface area contributed by atoms with Crippen LogP contribution in [0.5, 0.6) is 0 Å². The fraction of sp³-hybridized carbons (Fsp3) is 0.294. The van der Waals surface area contributed by atoms with Gasteiger partial charge in [-0.1, -0.05) is 41.6 Å². The Hall–Kier alpha value is -2.09. The van der Waals surface area contributed by atoms with Crippen LogP contribution in [0.15, 0.2) is 30.6 Å². The molecule has 2 rings (SSSR count). The van der Waals surface area contributed by atoms with E-state index in [1.165, 1.54) is 6.33 Å². The van der Waals surface area contributed by atoms with Gasteiger partial charge in [0, 0.05) is 31.2 Å². The molecule has 0 saturated carbocycles. The minimum atomic E-state index is 0.470. The first-order valence-corrected chi connectivity index (χ1v) is 7.37. The lowest BCUT2D eigenvalue weighted by atomic mass is 10.1. The second-order valence-corrected chi connectivity index (χ2v) is 5.06. The molecule has 0 aliphatic heterocycles. The molecule has 0 atom stereocenters. The summed E-state index contributed by atoms with van der Waals surface area (Å²) < 4.78 is 5.17. The van der Waals surface area contributed by atoms with E-state index in [9.17, 15) is 0 Å². The van der Waals surface area contributed by atoms with Crippen LogP contribution >= 0.6 is 11.6 Å². The summed E-state index contributed by atoms with van der Waals surface area (Å²) >= 11 is 5.95. The molecule has 5 heteroatoms. The number of halogens is 1. The average molecular weight is 316 g/mol.